The summed E-state index contributed by atoms with van der Waals surface area (Å²) in [6.07, 6.45) is 0. The lowest BCUT2D eigenvalue weighted by atomic mass is 10.2. The minimum atomic E-state index is -0.251. The number of carbonyl (C=O) groups is 2. The van der Waals surface area contributed by atoms with Crippen molar-refractivity contribution in [2.24, 2.45) is 0 Å². The van der Waals surface area contributed by atoms with E-state index in [1.165, 1.54) is 6.92 Å². The Morgan fingerprint density at radius 3 is 2.30 bits per heavy atom. The summed E-state index contributed by atoms with van der Waals surface area (Å²) in [5, 5.41) is 17.3. The maximum Gasteiger partial charge on any atom is 0.243 e. The van der Waals surface area contributed by atoms with E-state index in [9.17, 15) is 9.59 Å². The third-order valence-electron chi connectivity index (χ3n) is 2.98. The number of hydrogen-bond donors (Lipinski definition) is 3. The van der Waals surface area contributed by atoms with Gasteiger partial charge in [0.1, 0.15) is 6.07 Å². The fraction of sp³-hybridized carbons (Fsp3) is 0.118. The van der Waals surface area contributed by atoms with Crippen LogP contribution in [0, 0.1) is 11.3 Å². The Hall–Kier alpha value is -3.33. The molecule has 0 aromatic heterocycles. The zero-order valence-electron chi connectivity index (χ0n) is 12.6. The summed E-state index contributed by atoms with van der Waals surface area (Å²) in [6.45, 7) is 1.51. The molecule has 0 unspecified atom stereocenters. The van der Waals surface area contributed by atoms with Gasteiger partial charge in [-0.2, -0.15) is 5.26 Å². The van der Waals surface area contributed by atoms with E-state index < -0.39 is 0 Å². The highest BCUT2D eigenvalue weighted by atomic mass is 16.2. The van der Waals surface area contributed by atoms with Crippen molar-refractivity contribution in [3.05, 3.63) is 54.1 Å². The van der Waals surface area contributed by atoms with Gasteiger partial charge in [0.2, 0.25) is 11.8 Å². The summed E-state index contributed by atoms with van der Waals surface area (Å²) >= 11 is 0. The highest BCUT2D eigenvalue weighted by molar-refractivity contribution is 5.95. The molecular weight excluding hydrogens is 292 g/mol. The number of carbonyl (C=O) groups excluding carboxylic acids is 2. The van der Waals surface area contributed by atoms with Crippen molar-refractivity contribution in [3.63, 3.8) is 0 Å². The van der Waals surface area contributed by atoms with Crippen LogP contribution in [-0.4, -0.2) is 18.4 Å². The van der Waals surface area contributed by atoms with Gasteiger partial charge in [0, 0.05) is 18.3 Å². The normalized spacial score (nSPS) is 9.57. The molecule has 6 nitrogen and oxygen atoms in total. The molecule has 0 fully saturated rings. The van der Waals surface area contributed by atoms with Gasteiger partial charge >= 0.3 is 0 Å². The fourth-order valence-corrected chi connectivity index (χ4v) is 1.94. The lowest BCUT2D eigenvalue weighted by Crippen LogP contribution is -2.22. The second-order valence-corrected chi connectivity index (χ2v) is 4.82. The minimum absolute atomic E-state index is 0.0687. The molecule has 0 saturated carbocycles. The number of nitriles is 1. The molecule has 2 aromatic rings. The Morgan fingerprint density at radius 2 is 1.65 bits per heavy atom. The topological polar surface area (TPSA) is 94.0 Å². The zero-order valence-corrected chi connectivity index (χ0v) is 12.6. The molecular formula is C17H16N4O2. The van der Waals surface area contributed by atoms with E-state index in [-0.39, 0.29) is 18.4 Å². The largest absolute Gasteiger partial charge is 0.376 e. The summed E-state index contributed by atoms with van der Waals surface area (Å²) in [4.78, 5) is 22.9. The van der Waals surface area contributed by atoms with Crippen LogP contribution in [0.25, 0.3) is 0 Å². The van der Waals surface area contributed by atoms with Crippen molar-refractivity contribution in [1.82, 2.24) is 0 Å². The standard InChI is InChI=1S/C17H16N4O2/c1-12(22)20-15-8-6-14(7-9-15)19-11-17(23)21-16-5-3-2-4-13(16)10-18/h2-9,19H,11H2,1H3,(H,20,22)(H,21,23). The van der Waals surface area contributed by atoms with Gasteiger partial charge in [0.15, 0.2) is 0 Å². The number of amides is 2. The quantitative estimate of drug-likeness (QED) is 0.791. The smallest absolute Gasteiger partial charge is 0.243 e. The predicted octanol–water partition coefficient (Wildman–Crippen LogP) is 2.57. The summed E-state index contributed by atoms with van der Waals surface area (Å²) in [5.41, 5.74) is 2.35. The molecule has 2 aromatic carbocycles. The third kappa shape index (κ3) is 4.86. The van der Waals surface area contributed by atoms with Crippen LogP contribution in [0.3, 0.4) is 0 Å². The van der Waals surface area contributed by atoms with Crippen LogP contribution in [-0.2, 0) is 9.59 Å². The Morgan fingerprint density at radius 1 is 1.00 bits per heavy atom. The fourth-order valence-electron chi connectivity index (χ4n) is 1.94. The molecule has 0 saturated heterocycles. The maximum absolute atomic E-state index is 11.9. The molecule has 3 N–H and O–H groups in total. The molecule has 0 spiro atoms. The highest BCUT2D eigenvalue weighted by Crippen LogP contribution is 2.15. The second-order valence-electron chi connectivity index (χ2n) is 4.82. The van der Waals surface area contributed by atoms with Crippen LogP contribution in [0.2, 0.25) is 0 Å². The summed E-state index contributed by atoms with van der Waals surface area (Å²) in [6, 6.07) is 15.9. The van der Waals surface area contributed by atoms with Gasteiger partial charge < -0.3 is 16.0 Å². The van der Waals surface area contributed by atoms with Crippen molar-refractivity contribution >= 4 is 28.9 Å². The van der Waals surface area contributed by atoms with Crippen molar-refractivity contribution in [1.29, 1.82) is 5.26 Å². The Bertz CT molecular complexity index is 748. The van der Waals surface area contributed by atoms with Gasteiger partial charge in [0.05, 0.1) is 17.8 Å². The monoisotopic (exact) mass is 308 g/mol. The van der Waals surface area contributed by atoms with E-state index in [1.54, 1.807) is 48.5 Å². The van der Waals surface area contributed by atoms with Gasteiger partial charge in [-0.15, -0.1) is 0 Å². The molecule has 116 valence electrons. The predicted molar refractivity (Wildman–Crippen MR) is 89.0 cm³/mol. The molecule has 0 aliphatic carbocycles. The lowest BCUT2D eigenvalue weighted by Gasteiger charge is -2.09. The molecule has 23 heavy (non-hydrogen) atoms. The Kier molecular flexibility index (Phi) is 5.31. The summed E-state index contributed by atoms with van der Waals surface area (Å²) in [7, 11) is 0. The van der Waals surface area contributed by atoms with Crippen LogP contribution in [0.5, 0.6) is 0 Å². The van der Waals surface area contributed by atoms with Gasteiger partial charge in [-0.3, -0.25) is 9.59 Å². The molecule has 2 amide bonds. The van der Waals surface area contributed by atoms with Gasteiger partial charge in [-0.05, 0) is 36.4 Å². The number of para-hydroxylation sites is 1. The van der Waals surface area contributed by atoms with Gasteiger partial charge in [-0.1, -0.05) is 12.1 Å². The SMILES string of the molecule is CC(=O)Nc1ccc(NCC(=O)Nc2ccccc2C#N)cc1. The van der Waals surface area contributed by atoms with Crippen molar-refractivity contribution in [2.45, 2.75) is 6.92 Å². The van der Waals surface area contributed by atoms with Gasteiger partial charge in [-0.25, -0.2) is 0 Å². The first-order valence-electron chi connectivity index (χ1n) is 6.99. The maximum atomic E-state index is 11.9. The van der Waals surface area contributed by atoms with E-state index in [0.717, 1.165) is 5.69 Å². The van der Waals surface area contributed by atoms with E-state index in [1.807, 2.05) is 6.07 Å². The Labute approximate surface area is 134 Å². The van der Waals surface area contributed by atoms with Crippen molar-refractivity contribution in [3.8, 4) is 6.07 Å². The number of benzene rings is 2. The third-order valence-corrected chi connectivity index (χ3v) is 2.98. The van der Waals surface area contributed by atoms with E-state index in [0.29, 0.717) is 16.9 Å². The second kappa shape index (κ2) is 7.61. The summed E-state index contributed by atoms with van der Waals surface area (Å²) < 4.78 is 0. The number of nitrogens with one attached hydrogen (secondary N) is 3. The molecule has 0 radical (unpaired) electrons. The number of rotatable bonds is 5. The van der Waals surface area contributed by atoms with Crippen molar-refractivity contribution in [2.75, 3.05) is 22.5 Å². The number of hydrogen-bond acceptors (Lipinski definition) is 4. The highest BCUT2D eigenvalue weighted by Gasteiger charge is 2.06. The average molecular weight is 308 g/mol. The number of nitrogens with zero attached hydrogens (tertiary/aromatic N) is 1. The first-order chi connectivity index (χ1) is 11.1. The van der Waals surface area contributed by atoms with Crippen LogP contribution in [0.1, 0.15) is 12.5 Å². The van der Waals surface area contributed by atoms with E-state index in [4.69, 9.17) is 5.26 Å². The molecule has 0 heterocycles. The molecule has 0 bridgehead atoms. The molecule has 0 atom stereocenters. The average Bonchev–Trinajstić information content (AvgIpc) is 2.54. The van der Waals surface area contributed by atoms with Crippen LogP contribution < -0.4 is 16.0 Å². The van der Waals surface area contributed by atoms with E-state index in [2.05, 4.69) is 16.0 Å². The number of anilines is 3. The van der Waals surface area contributed by atoms with Crippen molar-refractivity contribution < 1.29 is 9.59 Å². The summed E-state index contributed by atoms with van der Waals surface area (Å²) in [5.74, 6) is -0.389. The lowest BCUT2D eigenvalue weighted by molar-refractivity contribution is -0.115. The molecule has 2 rings (SSSR count). The molecule has 0 aliphatic rings. The first kappa shape index (κ1) is 16.0. The van der Waals surface area contributed by atoms with E-state index >= 15 is 0 Å². The van der Waals surface area contributed by atoms with Crippen LogP contribution in [0.4, 0.5) is 17.1 Å². The van der Waals surface area contributed by atoms with Gasteiger partial charge in [0.25, 0.3) is 0 Å². The molecule has 6 heteroatoms. The van der Waals surface area contributed by atoms with Crippen LogP contribution in [0.15, 0.2) is 48.5 Å². The zero-order chi connectivity index (χ0) is 16.7. The first-order valence-corrected chi connectivity index (χ1v) is 6.99. The van der Waals surface area contributed by atoms with Crippen LogP contribution >= 0.6 is 0 Å². The Balaban J connectivity index is 1.89. The molecule has 0 aliphatic heterocycles. The minimum Gasteiger partial charge on any atom is -0.376 e.